The largest absolute Gasteiger partial charge is 0.381 e. The summed E-state index contributed by atoms with van der Waals surface area (Å²) in [5.41, 5.74) is 0. The highest BCUT2D eigenvalue weighted by atomic mass is 16.5. The van der Waals surface area contributed by atoms with E-state index in [2.05, 4.69) is 5.32 Å². The van der Waals surface area contributed by atoms with Crippen LogP contribution >= 0.6 is 0 Å². The Morgan fingerprint density at radius 1 is 0.929 bits per heavy atom. The van der Waals surface area contributed by atoms with Gasteiger partial charge in [0.15, 0.2) is 0 Å². The summed E-state index contributed by atoms with van der Waals surface area (Å²) in [6.45, 7) is 1.94. The maximum Gasteiger partial charge on any atom is 0.0480 e. The first kappa shape index (κ1) is 9.17. The lowest BCUT2D eigenvalue weighted by Gasteiger charge is -2.30. The van der Waals surface area contributed by atoms with Gasteiger partial charge in [-0.2, -0.15) is 0 Å². The summed E-state index contributed by atoms with van der Waals surface area (Å²) >= 11 is 0. The molecule has 3 aliphatic rings. The number of hydrogen-bond donors (Lipinski definition) is 1. The number of fused-ring (bicyclic) bond motifs is 2. The Bertz CT molecular complexity index is 200. The van der Waals surface area contributed by atoms with Gasteiger partial charge in [0.25, 0.3) is 0 Å². The highest BCUT2D eigenvalue weighted by molar-refractivity contribution is 4.95. The molecule has 0 aromatic rings. The summed E-state index contributed by atoms with van der Waals surface area (Å²) in [4.78, 5) is 0. The van der Waals surface area contributed by atoms with E-state index in [9.17, 15) is 0 Å². The predicted molar refractivity (Wildman–Crippen MR) is 56.2 cm³/mol. The summed E-state index contributed by atoms with van der Waals surface area (Å²) in [7, 11) is 0. The second-order valence-electron chi connectivity index (χ2n) is 5.33. The van der Waals surface area contributed by atoms with Crippen LogP contribution in [0.5, 0.6) is 0 Å². The lowest BCUT2D eigenvalue weighted by atomic mass is 9.94. The summed E-state index contributed by atoms with van der Waals surface area (Å²) in [6.07, 6.45) is 8.44. The second-order valence-corrected chi connectivity index (χ2v) is 5.33. The molecule has 3 atom stereocenters. The number of hydrogen-bond acceptors (Lipinski definition) is 2. The Morgan fingerprint density at radius 2 is 1.79 bits per heavy atom. The highest BCUT2D eigenvalue weighted by Gasteiger charge is 2.40. The van der Waals surface area contributed by atoms with Gasteiger partial charge in [0, 0.05) is 25.3 Å². The zero-order valence-electron chi connectivity index (χ0n) is 8.87. The van der Waals surface area contributed by atoms with Gasteiger partial charge in [-0.05, 0) is 43.9 Å². The minimum absolute atomic E-state index is 0.757. The SMILES string of the molecule is C1CC(NC2CC3CCC2C3)CCO1. The van der Waals surface area contributed by atoms with Gasteiger partial charge in [-0.3, -0.25) is 0 Å². The minimum Gasteiger partial charge on any atom is -0.381 e. The number of ether oxygens (including phenoxy) is 1. The monoisotopic (exact) mass is 195 g/mol. The molecular formula is C12H21NO. The van der Waals surface area contributed by atoms with E-state index >= 15 is 0 Å². The highest BCUT2D eigenvalue weighted by Crippen LogP contribution is 2.44. The van der Waals surface area contributed by atoms with Crippen molar-refractivity contribution in [3.8, 4) is 0 Å². The van der Waals surface area contributed by atoms with Gasteiger partial charge < -0.3 is 10.1 Å². The van der Waals surface area contributed by atoms with Gasteiger partial charge in [-0.25, -0.2) is 0 Å². The summed E-state index contributed by atoms with van der Waals surface area (Å²) in [5.74, 6) is 2.08. The Kier molecular flexibility index (Phi) is 2.50. The smallest absolute Gasteiger partial charge is 0.0480 e. The van der Waals surface area contributed by atoms with Crippen LogP contribution in [0, 0.1) is 11.8 Å². The second kappa shape index (κ2) is 3.82. The van der Waals surface area contributed by atoms with E-state index < -0.39 is 0 Å². The van der Waals surface area contributed by atoms with E-state index in [-0.39, 0.29) is 0 Å². The molecule has 80 valence electrons. The molecule has 1 saturated heterocycles. The molecule has 2 heteroatoms. The molecule has 14 heavy (non-hydrogen) atoms. The lowest BCUT2D eigenvalue weighted by Crippen LogP contribution is -2.44. The summed E-state index contributed by atoms with van der Waals surface area (Å²) in [6, 6.07) is 1.62. The van der Waals surface area contributed by atoms with Crippen LogP contribution in [0.1, 0.15) is 38.5 Å². The fourth-order valence-electron chi connectivity index (χ4n) is 3.62. The molecule has 0 aromatic heterocycles. The number of rotatable bonds is 2. The third kappa shape index (κ3) is 1.70. The summed E-state index contributed by atoms with van der Waals surface area (Å²) < 4.78 is 5.39. The topological polar surface area (TPSA) is 21.3 Å². The van der Waals surface area contributed by atoms with Crippen LogP contribution < -0.4 is 5.32 Å². The first-order chi connectivity index (χ1) is 6.92. The first-order valence-electron chi connectivity index (χ1n) is 6.25. The van der Waals surface area contributed by atoms with Crippen molar-refractivity contribution >= 4 is 0 Å². The van der Waals surface area contributed by atoms with Crippen molar-refractivity contribution in [2.24, 2.45) is 11.8 Å². The lowest BCUT2D eigenvalue weighted by molar-refractivity contribution is 0.0723. The van der Waals surface area contributed by atoms with Crippen LogP contribution in [0.2, 0.25) is 0 Å². The van der Waals surface area contributed by atoms with Crippen LogP contribution in [-0.2, 0) is 4.74 Å². The fraction of sp³-hybridized carbons (Fsp3) is 1.00. The molecule has 2 aliphatic carbocycles. The van der Waals surface area contributed by atoms with Crippen LogP contribution in [0.15, 0.2) is 0 Å². The molecule has 0 aromatic carbocycles. The standard InChI is InChI=1S/C12H21NO/c1-2-10-7-9(1)8-12(10)13-11-3-5-14-6-4-11/h9-13H,1-8H2. The molecule has 1 aliphatic heterocycles. The Morgan fingerprint density at radius 3 is 2.43 bits per heavy atom. The van der Waals surface area contributed by atoms with Crippen molar-refractivity contribution < 1.29 is 4.74 Å². The molecule has 0 radical (unpaired) electrons. The van der Waals surface area contributed by atoms with Crippen LogP contribution in [0.3, 0.4) is 0 Å². The van der Waals surface area contributed by atoms with Crippen molar-refractivity contribution in [1.82, 2.24) is 5.32 Å². The van der Waals surface area contributed by atoms with Gasteiger partial charge in [-0.15, -0.1) is 0 Å². The molecular weight excluding hydrogens is 174 g/mol. The molecule has 2 bridgehead atoms. The molecule has 3 unspecified atom stereocenters. The van der Waals surface area contributed by atoms with Crippen LogP contribution in [-0.4, -0.2) is 25.3 Å². The van der Waals surface area contributed by atoms with E-state index in [0.29, 0.717) is 0 Å². The third-order valence-electron chi connectivity index (χ3n) is 4.41. The van der Waals surface area contributed by atoms with Gasteiger partial charge >= 0.3 is 0 Å². The van der Waals surface area contributed by atoms with E-state index in [1.165, 1.54) is 38.5 Å². The normalized spacial score (nSPS) is 43.3. The van der Waals surface area contributed by atoms with Crippen molar-refractivity contribution in [3.63, 3.8) is 0 Å². The van der Waals surface area contributed by atoms with Crippen molar-refractivity contribution in [3.05, 3.63) is 0 Å². The van der Waals surface area contributed by atoms with E-state index in [0.717, 1.165) is 37.1 Å². The molecule has 3 rings (SSSR count). The Labute approximate surface area is 86.4 Å². The number of nitrogens with one attached hydrogen (secondary N) is 1. The van der Waals surface area contributed by atoms with Crippen molar-refractivity contribution in [1.29, 1.82) is 0 Å². The van der Waals surface area contributed by atoms with E-state index in [1.54, 1.807) is 0 Å². The molecule has 1 heterocycles. The van der Waals surface area contributed by atoms with Gasteiger partial charge in [0.2, 0.25) is 0 Å². The molecule has 3 fully saturated rings. The average molecular weight is 195 g/mol. The third-order valence-corrected chi connectivity index (χ3v) is 4.41. The van der Waals surface area contributed by atoms with Crippen molar-refractivity contribution in [2.45, 2.75) is 50.6 Å². The van der Waals surface area contributed by atoms with Crippen molar-refractivity contribution in [2.75, 3.05) is 13.2 Å². The molecule has 2 saturated carbocycles. The minimum atomic E-state index is 0.757. The Balaban J connectivity index is 1.52. The first-order valence-corrected chi connectivity index (χ1v) is 6.25. The van der Waals surface area contributed by atoms with Crippen LogP contribution in [0.25, 0.3) is 0 Å². The molecule has 2 nitrogen and oxygen atoms in total. The molecule has 0 amide bonds. The molecule has 1 N–H and O–H groups in total. The molecule has 0 spiro atoms. The van der Waals surface area contributed by atoms with Gasteiger partial charge in [0.05, 0.1) is 0 Å². The maximum atomic E-state index is 5.39. The zero-order chi connectivity index (χ0) is 9.38. The fourth-order valence-corrected chi connectivity index (χ4v) is 3.62. The quantitative estimate of drug-likeness (QED) is 0.727. The Hall–Kier alpha value is -0.0800. The van der Waals surface area contributed by atoms with E-state index in [1.807, 2.05) is 0 Å². The zero-order valence-corrected chi connectivity index (χ0v) is 8.87. The van der Waals surface area contributed by atoms with Gasteiger partial charge in [-0.1, -0.05) is 6.42 Å². The predicted octanol–water partition coefficient (Wildman–Crippen LogP) is 1.94. The summed E-state index contributed by atoms with van der Waals surface area (Å²) in [5, 5.41) is 3.87. The van der Waals surface area contributed by atoms with E-state index in [4.69, 9.17) is 4.74 Å². The maximum absolute atomic E-state index is 5.39. The van der Waals surface area contributed by atoms with Gasteiger partial charge in [0.1, 0.15) is 0 Å². The average Bonchev–Trinajstić information content (AvgIpc) is 2.81. The van der Waals surface area contributed by atoms with Crippen LogP contribution in [0.4, 0.5) is 0 Å².